The molecule has 0 aliphatic heterocycles. The van der Waals surface area contributed by atoms with Gasteiger partial charge in [0.2, 0.25) is 0 Å². The SMILES string of the molecule is c1ccc(-n2c3ccccc3c3cc(-c4ccc5c(c4)c4cc(-c6nccc7c6-c6cncc8cccc-7c68)ccc4n5-c4ccccc4)ccc32)cc1. The summed E-state index contributed by atoms with van der Waals surface area (Å²) >= 11 is 0. The van der Waals surface area contributed by atoms with Crippen LogP contribution in [0.5, 0.6) is 0 Å². The van der Waals surface area contributed by atoms with E-state index in [9.17, 15) is 0 Å². The summed E-state index contributed by atoms with van der Waals surface area (Å²) < 4.78 is 4.76. The Kier molecular flexibility index (Phi) is 6.02. The molecule has 4 nitrogen and oxygen atoms in total. The number of benzene rings is 7. The van der Waals surface area contributed by atoms with Gasteiger partial charge in [-0.25, -0.2) is 0 Å². The molecule has 0 amide bonds. The fraction of sp³-hybridized carbons (Fsp3) is 0. The molecule has 4 heteroatoms. The third-order valence-electron chi connectivity index (χ3n) is 11.4. The molecule has 12 rings (SSSR count). The molecule has 7 aromatic carbocycles. The van der Waals surface area contributed by atoms with Crippen molar-refractivity contribution in [2.45, 2.75) is 0 Å². The standard InChI is InChI=1S/C50H30N4/c1-3-11-35(12-4-1)53-44-17-8-7-15-37(44)40-26-31(18-21-45(40)53)32-19-22-46-41(27-32)42-28-33(20-23-47(42)54(46)36-13-5-2-6-14-36)50-49-39(24-25-52-50)38-16-9-10-34-29-51-30-43(49)48(34)38/h1-30H. The zero-order valence-electron chi connectivity index (χ0n) is 29.1. The van der Waals surface area contributed by atoms with Gasteiger partial charge in [0.15, 0.2) is 0 Å². The molecule has 54 heavy (non-hydrogen) atoms. The second kappa shape index (κ2) is 11.1. The smallest absolute Gasteiger partial charge is 0.0787 e. The highest BCUT2D eigenvalue weighted by molar-refractivity contribution is 6.18. The van der Waals surface area contributed by atoms with Crippen molar-refractivity contribution < 1.29 is 0 Å². The molecular weight excluding hydrogens is 657 g/mol. The first-order chi connectivity index (χ1) is 26.8. The second-order valence-electron chi connectivity index (χ2n) is 14.2. The van der Waals surface area contributed by atoms with E-state index in [1.165, 1.54) is 65.7 Å². The monoisotopic (exact) mass is 686 g/mol. The topological polar surface area (TPSA) is 35.6 Å². The number of hydrogen-bond donors (Lipinski definition) is 0. The largest absolute Gasteiger partial charge is 0.309 e. The van der Waals surface area contributed by atoms with Crippen molar-refractivity contribution in [3.63, 3.8) is 0 Å². The van der Waals surface area contributed by atoms with Crippen molar-refractivity contribution >= 4 is 54.4 Å². The first kappa shape index (κ1) is 29.3. The molecular formula is C50H30N4. The van der Waals surface area contributed by atoms with Gasteiger partial charge in [-0.2, -0.15) is 0 Å². The summed E-state index contributed by atoms with van der Waals surface area (Å²) in [6.45, 7) is 0. The first-order valence-electron chi connectivity index (χ1n) is 18.4. The Balaban J connectivity index is 1.08. The summed E-state index contributed by atoms with van der Waals surface area (Å²) in [5.74, 6) is 0. The fourth-order valence-electron chi connectivity index (χ4n) is 9.04. The van der Waals surface area contributed by atoms with E-state index < -0.39 is 0 Å². The van der Waals surface area contributed by atoms with E-state index in [0.29, 0.717) is 0 Å². The highest BCUT2D eigenvalue weighted by Crippen LogP contribution is 2.50. The Morgan fingerprint density at radius 1 is 0.389 bits per heavy atom. The van der Waals surface area contributed by atoms with Gasteiger partial charge in [0, 0.05) is 79.0 Å². The van der Waals surface area contributed by atoms with Crippen molar-refractivity contribution in [1.29, 1.82) is 0 Å². The van der Waals surface area contributed by atoms with Gasteiger partial charge < -0.3 is 9.13 Å². The maximum Gasteiger partial charge on any atom is 0.0787 e. The van der Waals surface area contributed by atoms with Crippen LogP contribution in [-0.2, 0) is 0 Å². The van der Waals surface area contributed by atoms with Crippen molar-refractivity contribution in [2.24, 2.45) is 0 Å². The number of fused-ring (bicyclic) bond motifs is 9. The van der Waals surface area contributed by atoms with E-state index in [-0.39, 0.29) is 0 Å². The van der Waals surface area contributed by atoms with E-state index in [1.54, 1.807) is 0 Å². The maximum atomic E-state index is 5.05. The van der Waals surface area contributed by atoms with Crippen molar-refractivity contribution in [1.82, 2.24) is 19.1 Å². The van der Waals surface area contributed by atoms with Crippen molar-refractivity contribution in [2.75, 3.05) is 0 Å². The van der Waals surface area contributed by atoms with Crippen molar-refractivity contribution in [3.8, 4) is 56.0 Å². The fourth-order valence-corrected chi connectivity index (χ4v) is 9.04. The Morgan fingerprint density at radius 2 is 0.963 bits per heavy atom. The summed E-state index contributed by atoms with van der Waals surface area (Å²) in [5, 5.41) is 7.31. The summed E-state index contributed by atoms with van der Waals surface area (Å²) in [6, 6.07) is 59.4. The van der Waals surface area contributed by atoms with Gasteiger partial charge in [0.25, 0.3) is 0 Å². The number of pyridine rings is 2. The average Bonchev–Trinajstić information content (AvgIpc) is 3.87. The van der Waals surface area contributed by atoms with Crippen LogP contribution in [0, 0.1) is 0 Å². The summed E-state index contributed by atoms with van der Waals surface area (Å²) in [6.07, 6.45) is 5.91. The van der Waals surface area contributed by atoms with Gasteiger partial charge in [-0.3, -0.25) is 9.97 Å². The molecule has 0 atom stereocenters. The molecule has 0 fully saturated rings. The minimum atomic E-state index is 0.983. The molecule has 4 heterocycles. The van der Waals surface area contributed by atoms with Crippen LogP contribution in [0.1, 0.15) is 0 Å². The van der Waals surface area contributed by atoms with Crippen LogP contribution in [0.4, 0.5) is 0 Å². The molecule has 0 spiro atoms. The lowest BCUT2D eigenvalue weighted by atomic mass is 9.97. The van der Waals surface area contributed by atoms with Crippen LogP contribution in [0.3, 0.4) is 0 Å². The number of hydrogen-bond acceptors (Lipinski definition) is 2. The van der Waals surface area contributed by atoms with E-state index in [2.05, 4.69) is 178 Å². The summed E-state index contributed by atoms with van der Waals surface area (Å²) in [7, 11) is 0. The number of aromatic nitrogens is 4. The minimum absolute atomic E-state index is 0.983. The minimum Gasteiger partial charge on any atom is -0.309 e. The Morgan fingerprint density at radius 3 is 1.65 bits per heavy atom. The predicted octanol–water partition coefficient (Wildman–Crippen LogP) is 12.8. The third kappa shape index (κ3) is 4.08. The van der Waals surface area contributed by atoms with Gasteiger partial charge in [0.05, 0.1) is 27.8 Å². The molecule has 0 saturated heterocycles. The zero-order chi connectivity index (χ0) is 35.3. The van der Waals surface area contributed by atoms with E-state index in [0.717, 1.165) is 44.7 Å². The second-order valence-corrected chi connectivity index (χ2v) is 14.2. The van der Waals surface area contributed by atoms with Gasteiger partial charge in [0.1, 0.15) is 0 Å². The normalized spacial score (nSPS) is 12.1. The van der Waals surface area contributed by atoms with Crippen LogP contribution in [0.15, 0.2) is 182 Å². The van der Waals surface area contributed by atoms with E-state index in [1.807, 2.05) is 18.6 Å². The van der Waals surface area contributed by atoms with Gasteiger partial charge in [-0.15, -0.1) is 0 Å². The molecule has 0 bridgehead atoms. The lowest BCUT2D eigenvalue weighted by Crippen LogP contribution is -1.93. The molecule has 250 valence electrons. The highest BCUT2D eigenvalue weighted by atomic mass is 15.0. The van der Waals surface area contributed by atoms with Gasteiger partial charge in [-0.1, -0.05) is 91.0 Å². The number of para-hydroxylation sites is 3. The van der Waals surface area contributed by atoms with Crippen LogP contribution >= 0.6 is 0 Å². The van der Waals surface area contributed by atoms with Crippen LogP contribution in [-0.4, -0.2) is 19.1 Å². The maximum absolute atomic E-state index is 5.05. The lowest BCUT2D eigenvalue weighted by Gasteiger charge is -2.10. The summed E-state index contributed by atoms with van der Waals surface area (Å²) in [5.41, 5.74) is 16.3. The number of nitrogens with zero attached hydrogens (tertiary/aromatic N) is 4. The summed E-state index contributed by atoms with van der Waals surface area (Å²) in [4.78, 5) is 9.69. The van der Waals surface area contributed by atoms with E-state index in [4.69, 9.17) is 4.98 Å². The van der Waals surface area contributed by atoms with Crippen LogP contribution in [0.25, 0.3) is 110 Å². The zero-order valence-corrected chi connectivity index (χ0v) is 29.1. The Hall–Kier alpha value is -7.30. The van der Waals surface area contributed by atoms with Gasteiger partial charge in [-0.05, 0) is 95.1 Å². The lowest BCUT2D eigenvalue weighted by molar-refractivity contribution is 1.18. The average molecular weight is 687 g/mol. The highest BCUT2D eigenvalue weighted by Gasteiger charge is 2.26. The quantitative estimate of drug-likeness (QED) is 0.185. The first-order valence-corrected chi connectivity index (χ1v) is 18.4. The molecule has 1 aliphatic rings. The molecule has 1 aliphatic carbocycles. The van der Waals surface area contributed by atoms with Gasteiger partial charge >= 0.3 is 0 Å². The molecule has 0 saturated carbocycles. The Labute approximate surface area is 310 Å². The molecule has 0 unspecified atom stereocenters. The number of rotatable bonds is 4. The molecule has 11 aromatic rings. The van der Waals surface area contributed by atoms with Crippen LogP contribution in [0.2, 0.25) is 0 Å². The predicted molar refractivity (Wildman–Crippen MR) is 224 cm³/mol. The van der Waals surface area contributed by atoms with E-state index >= 15 is 0 Å². The van der Waals surface area contributed by atoms with Crippen LogP contribution < -0.4 is 0 Å². The van der Waals surface area contributed by atoms with Crippen molar-refractivity contribution in [3.05, 3.63) is 182 Å². The molecule has 4 aromatic heterocycles. The third-order valence-corrected chi connectivity index (χ3v) is 11.4. The molecule has 0 radical (unpaired) electrons. The molecule has 0 N–H and O–H groups in total. The Bertz CT molecular complexity index is 3310.